The van der Waals surface area contributed by atoms with Crippen LogP contribution in [-0.4, -0.2) is 41.3 Å². The van der Waals surface area contributed by atoms with Crippen molar-refractivity contribution in [3.8, 4) is 0 Å². The van der Waals surface area contributed by atoms with Gasteiger partial charge in [0.25, 0.3) is 0 Å². The van der Waals surface area contributed by atoms with Gasteiger partial charge in [-0.2, -0.15) is 5.10 Å². The Morgan fingerprint density at radius 1 is 1.38 bits per heavy atom. The van der Waals surface area contributed by atoms with Crippen LogP contribution in [0.2, 0.25) is 0 Å². The second-order valence-corrected chi connectivity index (χ2v) is 6.32. The summed E-state index contributed by atoms with van der Waals surface area (Å²) in [6, 6.07) is 0.296. The predicted octanol–water partition coefficient (Wildman–Crippen LogP) is 1.87. The molecule has 1 aromatic heterocycles. The number of aliphatic hydroxyl groups excluding tert-OH is 1. The number of aryl methyl sites for hydroxylation is 2. The number of hydrogen-bond acceptors (Lipinski definition) is 4. The zero-order valence-electron chi connectivity index (χ0n) is 13.8. The van der Waals surface area contributed by atoms with Crippen molar-refractivity contribution >= 4 is 0 Å². The van der Waals surface area contributed by atoms with E-state index in [1.54, 1.807) is 0 Å². The van der Waals surface area contributed by atoms with Crippen LogP contribution in [0.15, 0.2) is 0 Å². The van der Waals surface area contributed by atoms with Crippen LogP contribution >= 0.6 is 0 Å². The summed E-state index contributed by atoms with van der Waals surface area (Å²) in [5, 5.41) is 18.0. The number of aliphatic hydroxyl groups is 1. The molecule has 0 aromatic carbocycles. The van der Waals surface area contributed by atoms with Crippen molar-refractivity contribution in [1.29, 1.82) is 0 Å². The van der Waals surface area contributed by atoms with Gasteiger partial charge in [-0.05, 0) is 33.1 Å². The highest BCUT2D eigenvalue weighted by molar-refractivity contribution is 5.28. The predicted molar refractivity (Wildman–Crippen MR) is 83.3 cm³/mol. The van der Waals surface area contributed by atoms with E-state index in [9.17, 15) is 5.11 Å². The average Bonchev–Trinajstić information content (AvgIpc) is 2.75. The molecule has 2 rings (SSSR count). The normalized spacial score (nSPS) is 19.7. The van der Waals surface area contributed by atoms with Gasteiger partial charge in [-0.1, -0.05) is 6.92 Å². The molecule has 1 aromatic rings. The Morgan fingerprint density at radius 2 is 2.05 bits per heavy atom. The maximum absolute atomic E-state index is 9.80. The first kappa shape index (κ1) is 16.5. The zero-order valence-corrected chi connectivity index (χ0v) is 13.8. The van der Waals surface area contributed by atoms with Crippen molar-refractivity contribution in [1.82, 2.24) is 15.1 Å². The number of aromatic nitrogens is 2. The molecule has 1 fully saturated rings. The first-order chi connectivity index (χ1) is 10.0. The smallest absolute Gasteiger partial charge is 0.0644 e. The van der Waals surface area contributed by atoms with Crippen molar-refractivity contribution in [2.75, 3.05) is 26.4 Å². The molecule has 5 nitrogen and oxygen atoms in total. The summed E-state index contributed by atoms with van der Waals surface area (Å²) in [7, 11) is 1.99. The molecule has 1 aliphatic heterocycles. The standard InChI is InChI=1S/C16H29N3O2/c1-5-14(15-12(2)18-19(4)13(15)3)17-10-16(11-20)6-8-21-9-7-16/h14,17,20H,5-11H2,1-4H3. The SMILES string of the molecule is CCC(NCC1(CO)CCOCC1)c1c(C)nn(C)c1C. The largest absolute Gasteiger partial charge is 0.396 e. The van der Waals surface area contributed by atoms with Gasteiger partial charge in [0.2, 0.25) is 0 Å². The quantitative estimate of drug-likeness (QED) is 0.841. The Kier molecular flexibility index (Phi) is 5.41. The van der Waals surface area contributed by atoms with Crippen molar-refractivity contribution in [3.05, 3.63) is 17.0 Å². The lowest BCUT2D eigenvalue weighted by atomic mass is 9.80. The van der Waals surface area contributed by atoms with E-state index in [-0.39, 0.29) is 12.0 Å². The minimum atomic E-state index is -0.0321. The van der Waals surface area contributed by atoms with E-state index < -0.39 is 0 Å². The van der Waals surface area contributed by atoms with Gasteiger partial charge in [0, 0.05) is 49.5 Å². The molecule has 0 saturated carbocycles. The molecular weight excluding hydrogens is 266 g/mol. The van der Waals surface area contributed by atoms with Crippen LogP contribution in [-0.2, 0) is 11.8 Å². The average molecular weight is 295 g/mol. The lowest BCUT2D eigenvalue weighted by Crippen LogP contribution is -2.43. The van der Waals surface area contributed by atoms with E-state index in [4.69, 9.17) is 4.74 Å². The van der Waals surface area contributed by atoms with E-state index in [0.29, 0.717) is 6.04 Å². The van der Waals surface area contributed by atoms with Gasteiger partial charge >= 0.3 is 0 Å². The van der Waals surface area contributed by atoms with E-state index >= 15 is 0 Å². The molecule has 0 bridgehead atoms. The second kappa shape index (κ2) is 6.90. The van der Waals surface area contributed by atoms with Crippen LogP contribution in [0.25, 0.3) is 0 Å². The lowest BCUT2D eigenvalue weighted by Gasteiger charge is -2.37. The minimum Gasteiger partial charge on any atom is -0.396 e. The topological polar surface area (TPSA) is 59.3 Å². The third-order valence-electron chi connectivity index (χ3n) is 4.93. The van der Waals surface area contributed by atoms with Crippen LogP contribution < -0.4 is 5.32 Å². The van der Waals surface area contributed by atoms with Gasteiger partial charge in [-0.25, -0.2) is 0 Å². The van der Waals surface area contributed by atoms with Gasteiger partial charge in [-0.3, -0.25) is 4.68 Å². The van der Waals surface area contributed by atoms with Crippen LogP contribution in [0.3, 0.4) is 0 Å². The van der Waals surface area contributed by atoms with Crippen LogP contribution in [0, 0.1) is 19.3 Å². The monoisotopic (exact) mass is 295 g/mol. The fraction of sp³-hybridized carbons (Fsp3) is 0.812. The number of nitrogens with zero attached hydrogens (tertiary/aromatic N) is 2. The fourth-order valence-electron chi connectivity index (χ4n) is 3.28. The Labute approximate surface area is 127 Å². The second-order valence-electron chi connectivity index (χ2n) is 6.32. The van der Waals surface area contributed by atoms with E-state index in [0.717, 1.165) is 44.7 Å². The maximum Gasteiger partial charge on any atom is 0.0644 e. The molecule has 2 heterocycles. The Morgan fingerprint density at radius 3 is 2.52 bits per heavy atom. The molecule has 5 heteroatoms. The minimum absolute atomic E-state index is 0.0321. The molecule has 0 amide bonds. The first-order valence-corrected chi connectivity index (χ1v) is 7.95. The highest BCUT2D eigenvalue weighted by Gasteiger charge is 2.33. The van der Waals surface area contributed by atoms with Gasteiger partial charge in [0.15, 0.2) is 0 Å². The molecule has 1 saturated heterocycles. The number of ether oxygens (including phenoxy) is 1. The molecular formula is C16H29N3O2. The summed E-state index contributed by atoms with van der Waals surface area (Å²) in [4.78, 5) is 0. The van der Waals surface area contributed by atoms with Gasteiger partial charge in [0.05, 0.1) is 12.3 Å². The molecule has 120 valence electrons. The number of nitrogens with one attached hydrogen (secondary N) is 1. The summed E-state index contributed by atoms with van der Waals surface area (Å²) >= 11 is 0. The van der Waals surface area contributed by atoms with E-state index in [2.05, 4.69) is 31.2 Å². The fourth-order valence-corrected chi connectivity index (χ4v) is 3.28. The van der Waals surface area contributed by atoms with Crippen molar-refractivity contribution in [2.45, 2.75) is 46.1 Å². The van der Waals surface area contributed by atoms with Gasteiger partial charge < -0.3 is 15.2 Å². The summed E-state index contributed by atoms with van der Waals surface area (Å²) in [5.74, 6) is 0. The molecule has 0 aliphatic carbocycles. The molecule has 1 atom stereocenters. The van der Waals surface area contributed by atoms with Crippen LogP contribution in [0.4, 0.5) is 0 Å². The van der Waals surface area contributed by atoms with Crippen molar-refractivity contribution < 1.29 is 9.84 Å². The third-order valence-corrected chi connectivity index (χ3v) is 4.93. The van der Waals surface area contributed by atoms with Crippen molar-refractivity contribution in [3.63, 3.8) is 0 Å². The number of rotatable bonds is 6. The Balaban J connectivity index is 2.08. The molecule has 1 aliphatic rings. The third kappa shape index (κ3) is 3.47. The highest BCUT2D eigenvalue weighted by Crippen LogP contribution is 2.31. The highest BCUT2D eigenvalue weighted by atomic mass is 16.5. The van der Waals surface area contributed by atoms with Gasteiger partial charge in [-0.15, -0.1) is 0 Å². The first-order valence-electron chi connectivity index (χ1n) is 7.95. The van der Waals surface area contributed by atoms with E-state index in [1.807, 2.05) is 11.7 Å². The molecule has 0 spiro atoms. The van der Waals surface area contributed by atoms with Crippen molar-refractivity contribution in [2.24, 2.45) is 12.5 Å². The van der Waals surface area contributed by atoms with Gasteiger partial charge in [0.1, 0.15) is 0 Å². The molecule has 2 N–H and O–H groups in total. The Hall–Kier alpha value is -0.910. The summed E-state index contributed by atoms with van der Waals surface area (Å²) in [6.07, 6.45) is 2.88. The number of hydrogen-bond donors (Lipinski definition) is 2. The van der Waals surface area contributed by atoms with E-state index in [1.165, 1.54) is 11.3 Å². The molecule has 21 heavy (non-hydrogen) atoms. The Bertz CT molecular complexity index is 464. The zero-order chi connectivity index (χ0) is 15.5. The maximum atomic E-state index is 9.80. The van der Waals surface area contributed by atoms with Crippen LogP contribution in [0.1, 0.15) is 49.2 Å². The summed E-state index contributed by atoms with van der Waals surface area (Å²) < 4.78 is 7.38. The summed E-state index contributed by atoms with van der Waals surface area (Å²) in [5.41, 5.74) is 3.59. The molecule has 0 radical (unpaired) electrons. The lowest BCUT2D eigenvalue weighted by molar-refractivity contribution is -0.0166. The summed E-state index contributed by atoms with van der Waals surface area (Å²) in [6.45, 7) is 8.95. The van der Waals surface area contributed by atoms with Crippen LogP contribution in [0.5, 0.6) is 0 Å². The molecule has 1 unspecified atom stereocenters.